The van der Waals surface area contributed by atoms with Gasteiger partial charge in [-0.05, 0) is 6.42 Å². The van der Waals surface area contributed by atoms with Gasteiger partial charge in [0, 0.05) is 18.6 Å². The molecular weight excluding hydrogens is 678 g/mol. The van der Waals surface area contributed by atoms with Gasteiger partial charge < -0.3 is 14.6 Å². The Labute approximate surface area is 68.3 Å². The molecule has 1 N–H and O–H groups in total. The number of aliphatic hydroxyl groups excluding tert-OH is 1. The minimum Gasteiger partial charge on any atom is -0.554 e. The van der Waals surface area contributed by atoms with Gasteiger partial charge in [0.2, 0.25) is 0 Å². The molecule has 0 aliphatic heterocycles. The van der Waals surface area contributed by atoms with Crippen LogP contribution in [-0.2, 0) is 9.47 Å². The number of rotatable bonds is 6. The summed E-state index contributed by atoms with van der Waals surface area (Å²) in [6, 6.07) is 0. The van der Waals surface area contributed by atoms with E-state index < -0.39 is 0 Å². The molecule has 0 rings (SSSR count). The molecule has 72 valence electrons. The Balaban J connectivity index is -0.000000500. The molecule has 0 atom stereocenters. The average Bonchev–Trinajstić information content (AvgIpc) is 2.04. The van der Waals surface area contributed by atoms with E-state index in [9.17, 15) is 0 Å². The molecule has 0 amide bonds. The minimum absolute atomic E-state index is 0. The van der Waals surface area contributed by atoms with Crippen LogP contribution in [0.15, 0.2) is 0 Å². The predicted molar refractivity (Wildman–Crippen MR) is 42.4 cm³/mol. The molecule has 0 bridgehead atoms. The first-order valence-corrected chi connectivity index (χ1v) is 3.59. The van der Waals surface area contributed by atoms with Gasteiger partial charge in [-0.15, -0.1) is 0 Å². The molecular formula is C8H16O3Rf2-2. The van der Waals surface area contributed by atoms with E-state index in [2.05, 4.69) is 14.2 Å². The zero-order chi connectivity index (χ0) is 8.74. The van der Waals surface area contributed by atoms with Crippen LogP contribution in [0.1, 0.15) is 13.3 Å². The van der Waals surface area contributed by atoms with Crippen LogP contribution in [0.2, 0.25) is 0 Å². The second-order valence-corrected chi connectivity index (χ2v) is 2.71. The molecule has 0 fully saturated rings. The van der Waals surface area contributed by atoms with Crippen molar-refractivity contribution in [1.29, 1.82) is 0 Å². The van der Waals surface area contributed by atoms with Gasteiger partial charge in [0.1, 0.15) is 0 Å². The minimum atomic E-state index is -0.330. The Kier molecular flexibility index (Phi) is 10.5. The summed E-state index contributed by atoms with van der Waals surface area (Å²) in [5, 5.41) is 9.02. The van der Waals surface area contributed by atoms with Gasteiger partial charge in [-0.3, -0.25) is 0 Å². The quantitative estimate of drug-likeness (QED) is 0.423. The molecule has 0 aliphatic carbocycles. The number of ether oxygens (including phenoxy) is 2. The molecule has 0 aromatic heterocycles. The Bertz CT molecular complexity index is 89.4. The molecule has 0 aromatic carbocycles. The average molecular weight is 694 g/mol. The molecule has 0 aliphatic rings. The first-order valence-electron chi connectivity index (χ1n) is 3.59. The predicted octanol–water partition coefficient (Wildman–Crippen LogP) is 0.991. The van der Waals surface area contributed by atoms with E-state index in [0.717, 1.165) is 6.42 Å². The van der Waals surface area contributed by atoms with Crippen molar-refractivity contribution < 1.29 is 14.6 Å². The van der Waals surface area contributed by atoms with Crippen molar-refractivity contribution in [2.75, 3.05) is 19.8 Å². The maximum Gasteiger partial charge on any atom is 0.0529 e. The summed E-state index contributed by atoms with van der Waals surface area (Å²) in [6.07, 6.45) is 0.786. The summed E-state index contributed by atoms with van der Waals surface area (Å²) in [5.74, 6) is 0. The zero-order valence-electron chi connectivity index (χ0n) is 8.42. The number of hydrogen-bond donors (Lipinski definition) is 1. The van der Waals surface area contributed by atoms with E-state index in [-0.39, 0.29) is 12.0 Å². The summed E-state index contributed by atoms with van der Waals surface area (Å²) in [4.78, 5) is 0. The van der Waals surface area contributed by atoms with Crippen molar-refractivity contribution in [2.24, 2.45) is 5.41 Å². The van der Waals surface area contributed by atoms with Crippen molar-refractivity contribution in [1.82, 2.24) is 0 Å². The Morgan fingerprint density at radius 1 is 1.15 bits per heavy atom. The molecule has 5 heteroatoms. The van der Waals surface area contributed by atoms with E-state index in [1.54, 1.807) is 0 Å². The number of aliphatic hydroxyl groups is 1. The second-order valence-electron chi connectivity index (χ2n) is 2.71. The van der Waals surface area contributed by atoms with Crippen LogP contribution < -0.4 is 0 Å². The van der Waals surface area contributed by atoms with Crippen molar-refractivity contribution in [3.8, 4) is 0 Å². The van der Waals surface area contributed by atoms with E-state index in [1.807, 2.05) is 6.92 Å². The van der Waals surface area contributed by atoms with Gasteiger partial charge in [0.05, 0.1) is 6.61 Å². The summed E-state index contributed by atoms with van der Waals surface area (Å²) in [6.45, 7) is 2.80. The Hall–Kier alpha value is -2.12. The van der Waals surface area contributed by atoms with E-state index >= 15 is 0 Å². The van der Waals surface area contributed by atoms with Gasteiger partial charge in [-0.25, -0.2) is 14.2 Å². The maximum atomic E-state index is 9.02. The van der Waals surface area contributed by atoms with Crippen LogP contribution in [0.3, 0.4) is 0 Å². The Morgan fingerprint density at radius 2 is 1.54 bits per heavy atom. The maximum absolute atomic E-state index is 9.02. The third-order valence-corrected chi connectivity index (χ3v) is 1.90. The third-order valence-electron chi connectivity index (χ3n) is 1.90. The standard InChI is InChI=1S/C8H16O3.2Rf/c1-4-8(5-9,6-10-2)7-11-3;;/h9H,2-7H2,1H3;;/q-2;;. The summed E-state index contributed by atoms with van der Waals surface area (Å²) >= 11 is 0. The molecule has 0 aromatic rings. The molecule has 13 heavy (non-hydrogen) atoms. The van der Waals surface area contributed by atoms with E-state index in [0.29, 0.717) is 13.2 Å². The van der Waals surface area contributed by atoms with Gasteiger partial charge in [0.15, 0.2) is 0 Å². The fourth-order valence-corrected chi connectivity index (χ4v) is 0.882. The molecule has 3 nitrogen and oxygen atoms in total. The third kappa shape index (κ3) is 4.35. The van der Waals surface area contributed by atoms with Crippen molar-refractivity contribution in [2.45, 2.75) is 13.3 Å². The van der Waals surface area contributed by atoms with E-state index in [4.69, 9.17) is 14.6 Å². The van der Waals surface area contributed by atoms with Gasteiger partial charge in [0.25, 0.3) is 0 Å². The molecule has 0 spiro atoms. The van der Waals surface area contributed by atoms with E-state index in [1.165, 1.54) is 0 Å². The number of hydrogen-bond acceptors (Lipinski definition) is 3. The topological polar surface area (TPSA) is 38.7 Å². The monoisotopic (exact) mass is 694 g/mol. The second kappa shape index (κ2) is 7.98. The van der Waals surface area contributed by atoms with Crippen LogP contribution >= 0.6 is 0 Å². The van der Waals surface area contributed by atoms with Crippen LogP contribution in [0.5, 0.6) is 0 Å². The van der Waals surface area contributed by atoms with Crippen LogP contribution in [0.4, 0.5) is 0 Å². The van der Waals surface area contributed by atoms with Crippen LogP contribution in [0, 0.1) is 19.6 Å². The van der Waals surface area contributed by atoms with Crippen molar-refractivity contribution in [3.63, 3.8) is 0 Å². The normalized spacial score (nSPS) is 10.2. The SMILES string of the molecule is [CH2-]OCC(CC)(CO)CO[CH2-].[Rf].[Rf]. The molecule has 0 saturated heterocycles. The first-order chi connectivity index (χ1) is 5.24. The van der Waals surface area contributed by atoms with Gasteiger partial charge >= 0.3 is 0 Å². The van der Waals surface area contributed by atoms with Crippen molar-refractivity contribution in [3.05, 3.63) is 14.2 Å². The summed E-state index contributed by atoms with van der Waals surface area (Å²) in [7, 11) is 6.52. The largest absolute Gasteiger partial charge is 0.554 e. The summed E-state index contributed by atoms with van der Waals surface area (Å²) < 4.78 is 9.45. The molecule has 0 saturated carbocycles. The Morgan fingerprint density at radius 3 is 1.69 bits per heavy atom. The van der Waals surface area contributed by atoms with Crippen LogP contribution in [-0.4, -0.2) is 24.9 Å². The molecule has 0 radical (unpaired) electrons. The van der Waals surface area contributed by atoms with Crippen molar-refractivity contribution >= 4 is 0 Å². The smallest absolute Gasteiger partial charge is 0.0529 e. The molecule has 0 heterocycles. The van der Waals surface area contributed by atoms with Gasteiger partial charge in [-0.1, -0.05) is 6.92 Å². The fraction of sp³-hybridized carbons (Fsp3) is 0.750. The first kappa shape index (κ1) is 17.1. The molecule has 0 unspecified atom stereocenters. The fourth-order valence-electron chi connectivity index (χ4n) is 0.882. The zero-order valence-corrected chi connectivity index (χ0v) is 21.2. The van der Waals surface area contributed by atoms with Crippen LogP contribution in [0.25, 0.3) is 0 Å². The van der Waals surface area contributed by atoms with Gasteiger partial charge in [-0.2, -0.15) is 0 Å². The summed E-state index contributed by atoms with van der Waals surface area (Å²) in [5.41, 5.74) is -0.330.